The molecule has 15 heavy (non-hydrogen) atoms. The summed E-state index contributed by atoms with van der Waals surface area (Å²) in [6, 6.07) is 4.82. The number of ether oxygens (including phenoxy) is 1. The summed E-state index contributed by atoms with van der Waals surface area (Å²) in [7, 11) is 0. The summed E-state index contributed by atoms with van der Waals surface area (Å²) in [5, 5.41) is 10.6. The number of rotatable bonds is 4. The topological polar surface area (TPSA) is 52.4 Å². The second kappa shape index (κ2) is 3.88. The van der Waals surface area contributed by atoms with Gasteiger partial charge < -0.3 is 4.74 Å². The Hall–Kier alpha value is -1.58. The van der Waals surface area contributed by atoms with E-state index in [0.717, 1.165) is 24.8 Å². The minimum atomic E-state index is -0.390. The minimum Gasteiger partial charge on any atom is -0.490 e. The average Bonchev–Trinajstić information content (AvgIpc) is 3.01. The lowest BCUT2D eigenvalue weighted by Crippen LogP contribution is -2.00. The van der Waals surface area contributed by atoms with Crippen LogP contribution in [-0.4, -0.2) is 11.0 Å². The Morgan fingerprint density at radius 2 is 2.27 bits per heavy atom. The maximum Gasteiger partial charge on any atom is 0.273 e. The van der Waals surface area contributed by atoms with E-state index in [-0.39, 0.29) is 16.7 Å². The normalized spacial score (nSPS) is 15.0. The van der Waals surface area contributed by atoms with Crippen LogP contribution in [-0.2, 0) is 6.42 Å². The molecule has 0 atom stereocenters. The zero-order valence-electron chi connectivity index (χ0n) is 8.60. The van der Waals surface area contributed by atoms with E-state index in [0.29, 0.717) is 5.75 Å². The number of non-ortho nitro benzene ring substituents is 1. The second-order valence-corrected chi connectivity index (χ2v) is 3.72. The average molecular weight is 207 g/mol. The van der Waals surface area contributed by atoms with Crippen molar-refractivity contribution in [3.63, 3.8) is 0 Å². The standard InChI is InChI=1S/C11H13NO3/c1-2-8-3-4-9(12(13)14)7-11(8)15-10-5-6-10/h3-4,7,10H,2,5-6H2,1H3. The van der Waals surface area contributed by atoms with Gasteiger partial charge in [-0.05, 0) is 30.9 Å². The fourth-order valence-electron chi connectivity index (χ4n) is 1.42. The van der Waals surface area contributed by atoms with Gasteiger partial charge in [-0.25, -0.2) is 0 Å². The molecule has 1 aliphatic rings. The van der Waals surface area contributed by atoms with Gasteiger partial charge in [-0.15, -0.1) is 0 Å². The monoisotopic (exact) mass is 207 g/mol. The first-order chi connectivity index (χ1) is 7.20. The van der Waals surface area contributed by atoms with E-state index in [4.69, 9.17) is 4.74 Å². The van der Waals surface area contributed by atoms with E-state index in [2.05, 4.69) is 0 Å². The number of nitrogens with zero attached hydrogens (tertiary/aromatic N) is 1. The molecular formula is C11H13NO3. The lowest BCUT2D eigenvalue weighted by atomic mass is 10.1. The highest BCUT2D eigenvalue weighted by atomic mass is 16.6. The molecule has 0 saturated heterocycles. The Balaban J connectivity index is 2.28. The van der Waals surface area contributed by atoms with Gasteiger partial charge in [0.05, 0.1) is 17.1 Å². The number of nitro benzene ring substituents is 1. The Morgan fingerprint density at radius 1 is 1.53 bits per heavy atom. The molecule has 4 nitrogen and oxygen atoms in total. The lowest BCUT2D eigenvalue weighted by molar-refractivity contribution is -0.385. The molecule has 0 amide bonds. The van der Waals surface area contributed by atoms with Crippen LogP contribution in [0.15, 0.2) is 18.2 Å². The van der Waals surface area contributed by atoms with Gasteiger partial charge in [0.2, 0.25) is 0 Å². The van der Waals surface area contributed by atoms with Crippen molar-refractivity contribution < 1.29 is 9.66 Å². The lowest BCUT2D eigenvalue weighted by Gasteiger charge is -2.08. The fourth-order valence-corrected chi connectivity index (χ4v) is 1.42. The van der Waals surface area contributed by atoms with E-state index in [9.17, 15) is 10.1 Å². The van der Waals surface area contributed by atoms with Crippen LogP contribution < -0.4 is 4.74 Å². The summed E-state index contributed by atoms with van der Waals surface area (Å²) in [5.74, 6) is 0.675. The summed E-state index contributed by atoms with van der Waals surface area (Å²) in [6.07, 6.45) is 3.23. The smallest absolute Gasteiger partial charge is 0.273 e. The van der Waals surface area contributed by atoms with E-state index in [1.54, 1.807) is 6.07 Å². The van der Waals surface area contributed by atoms with E-state index in [1.807, 2.05) is 6.92 Å². The fraction of sp³-hybridized carbons (Fsp3) is 0.455. The maximum absolute atomic E-state index is 10.6. The summed E-state index contributed by atoms with van der Waals surface area (Å²) in [5.41, 5.74) is 1.13. The molecule has 0 radical (unpaired) electrons. The number of aryl methyl sites for hydroxylation is 1. The van der Waals surface area contributed by atoms with Crippen molar-refractivity contribution in [1.29, 1.82) is 0 Å². The first-order valence-corrected chi connectivity index (χ1v) is 5.14. The highest BCUT2D eigenvalue weighted by Gasteiger charge is 2.25. The Bertz CT molecular complexity index is 385. The van der Waals surface area contributed by atoms with Crippen LogP contribution in [0.1, 0.15) is 25.3 Å². The van der Waals surface area contributed by atoms with Gasteiger partial charge in [-0.2, -0.15) is 0 Å². The zero-order chi connectivity index (χ0) is 10.8. The Labute approximate surface area is 88.0 Å². The third-order valence-electron chi connectivity index (χ3n) is 2.46. The first-order valence-electron chi connectivity index (χ1n) is 5.14. The van der Waals surface area contributed by atoms with Crippen LogP contribution >= 0.6 is 0 Å². The van der Waals surface area contributed by atoms with Crippen molar-refractivity contribution in [3.05, 3.63) is 33.9 Å². The third-order valence-corrected chi connectivity index (χ3v) is 2.46. The molecule has 0 aromatic heterocycles. The van der Waals surface area contributed by atoms with Gasteiger partial charge in [0.25, 0.3) is 5.69 Å². The molecular weight excluding hydrogens is 194 g/mol. The Morgan fingerprint density at radius 3 is 2.80 bits per heavy atom. The van der Waals surface area contributed by atoms with Gasteiger partial charge in [-0.1, -0.05) is 6.92 Å². The Kier molecular flexibility index (Phi) is 2.58. The highest BCUT2D eigenvalue weighted by molar-refractivity contribution is 5.44. The van der Waals surface area contributed by atoms with Gasteiger partial charge in [0.15, 0.2) is 0 Å². The number of hydrogen-bond acceptors (Lipinski definition) is 3. The molecule has 1 aromatic rings. The molecule has 0 unspecified atom stereocenters. The molecule has 0 aliphatic heterocycles. The van der Waals surface area contributed by atoms with Crippen LogP contribution in [0.25, 0.3) is 0 Å². The van der Waals surface area contributed by atoms with Gasteiger partial charge >= 0.3 is 0 Å². The van der Waals surface area contributed by atoms with Crippen molar-refractivity contribution in [2.24, 2.45) is 0 Å². The van der Waals surface area contributed by atoms with Gasteiger partial charge in [0, 0.05) is 6.07 Å². The van der Waals surface area contributed by atoms with E-state index in [1.165, 1.54) is 12.1 Å². The van der Waals surface area contributed by atoms with Crippen LogP contribution in [0.2, 0.25) is 0 Å². The van der Waals surface area contributed by atoms with Crippen LogP contribution in [0.5, 0.6) is 5.75 Å². The summed E-state index contributed by atoms with van der Waals surface area (Å²) >= 11 is 0. The second-order valence-electron chi connectivity index (χ2n) is 3.72. The molecule has 1 saturated carbocycles. The molecule has 80 valence electrons. The molecule has 1 fully saturated rings. The van der Waals surface area contributed by atoms with Gasteiger partial charge in [0.1, 0.15) is 5.75 Å². The third kappa shape index (κ3) is 2.26. The van der Waals surface area contributed by atoms with Crippen molar-refractivity contribution in [3.8, 4) is 5.75 Å². The predicted octanol–water partition coefficient (Wildman–Crippen LogP) is 2.70. The SMILES string of the molecule is CCc1ccc([N+](=O)[O-])cc1OC1CC1. The first kappa shape index (κ1) is 9.96. The minimum absolute atomic E-state index is 0.0999. The molecule has 0 N–H and O–H groups in total. The number of benzene rings is 1. The highest BCUT2D eigenvalue weighted by Crippen LogP contribution is 2.31. The summed E-state index contributed by atoms with van der Waals surface area (Å²) in [4.78, 5) is 10.2. The van der Waals surface area contributed by atoms with Crippen molar-refractivity contribution >= 4 is 5.69 Å². The van der Waals surface area contributed by atoms with E-state index < -0.39 is 0 Å². The molecule has 2 rings (SSSR count). The number of nitro groups is 1. The zero-order valence-corrected chi connectivity index (χ0v) is 8.60. The molecule has 1 aromatic carbocycles. The maximum atomic E-state index is 10.6. The molecule has 0 spiro atoms. The largest absolute Gasteiger partial charge is 0.490 e. The molecule has 1 aliphatic carbocycles. The number of hydrogen-bond donors (Lipinski definition) is 0. The van der Waals surface area contributed by atoms with Crippen molar-refractivity contribution in [2.75, 3.05) is 0 Å². The quantitative estimate of drug-likeness (QED) is 0.563. The molecule has 0 heterocycles. The van der Waals surface area contributed by atoms with Crippen molar-refractivity contribution in [2.45, 2.75) is 32.3 Å². The molecule has 4 heteroatoms. The van der Waals surface area contributed by atoms with Crippen LogP contribution in [0.3, 0.4) is 0 Å². The van der Waals surface area contributed by atoms with E-state index >= 15 is 0 Å². The summed E-state index contributed by atoms with van der Waals surface area (Å²) in [6.45, 7) is 2.01. The van der Waals surface area contributed by atoms with Crippen LogP contribution in [0, 0.1) is 10.1 Å². The summed E-state index contributed by atoms with van der Waals surface area (Å²) < 4.78 is 5.63. The molecule has 0 bridgehead atoms. The van der Waals surface area contributed by atoms with Crippen molar-refractivity contribution in [1.82, 2.24) is 0 Å². The van der Waals surface area contributed by atoms with Gasteiger partial charge in [-0.3, -0.25) is 10.1 Å². The van der Waals surface area contributed by atoms with Crippen LogP contribution in [0.4, 0.5) is 5.69 Å². The predicted molar refractivity (Wildman–Crippen MR) is 56.1 cm³/mol.